The molecule has 0 bridgehead atoms. The quantitative estimate of drug-likeness (QED) is 0.860. The van der Waals surface area contributed by atoms with Gasteiger partial charge in [0, 0.05) is 32.2 Å². The van der Waals surface area contributed by atoms with Crippen molar-refractivity contribution in [3.8, 4) is 0 Å². The van der Waals surface area contributed by atoms with Gasteiger partial charge in [-0.3, -0.25) is 4.79 Å². The van der Waals surface area contributed by atoms with Crippen molar-refractivity contribution in [1.29, 1.82) is 0 Å². The van der Waals surface area contributed by atoms with Crippen molar-refractivity contribution in [2.45, 2.75) is 58.7 Å². The number of nitrogens with two attached hydrogens (primary N) is 1. The van der Waals surface area contributed by atoms with Crippen LogP contribution in [0.2, 0.25) is 0 Å². The maximum atomic E-state index is 12.2. The van der Waals surface area contributed by atoms with Crippen molar-refractivity contribution >= 4 is 30.7 Å². The third kappa shape index (κ3) is 5.76. The Morgan fingerprint density at radius 2 is 1.60 bits per heavy atom. The Labute approximate surface area is 136 Å². The summed E-state index contributed by atoms with van der Waals surface area (Å²) in [7, 11) is 1.90. The molecule has 20 heavy (non-hydrogen) atoms. The van der Waals surface area contributed by atoms with E-state index in [0.29, 0.717) is 12.1 Å². The molecule has 1 rings (SSSR count). The SMILES string of the molecule is CC(C)[C@@H](N)C(=O)N(C)C1CCN(C(C)C)CC1.Cl.Cl. The van der Waals surface area contributed by atoms with Crippen molar-refractivity contribution < 1.29 is 4.79 Å². The lowest BCUT2D eigenvalue weighted by molar-refractivity contribution is -0.135. The molecule has 1 heterocycles. The van der Waals surface area contributed by atoms with E-state index >= 15 is 0 Å². The zero-order valence-corrected chi connectivity index (χ0v) is 15.0. The highest BCUT2D eigenvalue weighted by Crippen LogP contribution is 2.18. The predicted molar refractivity (Wildman–Crippen MR) is 89.8 cm³/mol. The van der Waals surface area contributed by atoms with E-state index in [9.17, 15) is 4.79 Å². The maximum absolute atomic E-state index is 12.2. The smallest absolute Gasteiger partial charge is 0.239 e. The van der Waals surface area contributed by atoms with Crippen molar-refractivity contribution in [3.05, 3.63) is 0 Å². The van der Waals surface area contributed by atoms with Crippen LogP contribution >= 0.6 is 24.8 Å². The van der Waals surface area contributed by atoms with Crippen LogP contribution in [0.15, 0.2) is 0 Å². The number of likely N-dealkylation sites (N-methyl/N-ethyl adjacent to an activating group) is 1. The van der Waals surface area contributed by atoms with Crippen LogP contribution in [-0.4, -0.2) is 54.0 Å². The fraction of sp³-hybridized carbons (Fsp3) is 0.929. The Morgan fingerprint density at radius 3 is 1.95 bits per heavy atom. The van der Waals surface area contributed by atoms with Gasteiger partial charge in [-0.25, -0.2) is 0 Å². The summed E-state index contributed by atoms with van der Waals surface area (Å²) in [5.74, 6) is 0.295. The average Bonchev–Trinajstić information content (AvgIpc) is 2.36. The molecule has 0 aromatic carbocycles. The average molecular weight is 328 g/mol. The van der Waals surface area contributed by atoms with E-state index in [1.54, 1.807) is 0 Å². The normalized spacial score (nSPS) is 18.4. The molecule has 0 aromatic heterocycles. The molecule has 1 aliphatic heterocycles. The first-order valence-electron chi connectivity index (χ1n) is 7.11. The van der Waals surface area contributed by atoms with Gasteiger partial charge in [0.25, 0.3) is 0 Å². The summed E-state index contributed by atoms with van der Waals surface area (Å²) < 4.78 is 0. The van der Waals surface area contributed by atoms with Gasteiger partial charge in [-0.05, 0) is 32.6 Å². The molecule has 1 fully saturated rings. The van der Waals surface area contributed by atoms with E-state index in [2.05, 4.69) is 18.7 Å². The highest BCUT2D eigenvalue weighted by molar-refractivity contribution is 5.85. The van der Waals surface area contributed by atoms with E-state index in [1.807, 2.05) is 25.8 Å². The number of hydrogen-bond donors (Lipinski definition) is 1. The molecular weight excluding hydrogens is 297 g/mol. The molecule has 0 aliphatic carbocycles. The van der Waals surface area contributed by atoms with Gasteiger partial charge in [0.05, 0.1) is 6.04 Å². The molecule has 0 spiro atoms. The number of likely N-dealkylation sites (tertiary alicyclic amines) is 1. The molecule has 4 nitrogen and oxygen atoms in total. The highest BCUT2D eigenvalue weighted by atomic mass is 35.5. The lowest BCUT2D eigenvalue weighted by Gasteiger charge is -2.39. The Morgan fingerprint density at radius 1 is 1.15 bits per heavy atom. The fourth-order valence-electron chi connectivity index (χ4n) is 2.49. The first-order chi connectivity index (χ1) is 8.34. The maximum Gasteiger partial charge on any atom is 0.239 e. The molecule has 0 unspecified atom stereocenters. The minimum Gasteiger partial charge on any atom is -0.341 e. The summed E-state index contributed by atoms with van der Waals surface area (Å²) in [6.45, 7) is 10.6. The summed E-state index contributed by atoms with van der Waals surface area (Å²) in [4.78, 5) is 16.5. The second-order valence-corrected chi connectivity index (χ2v) is 6.08. The van der Waals surface area contributed by atoms with E-state index in [0.717, 1.165) is 25.9 Å². The zero-order valence-electron chi connectivity index (χ0n) is 13.3. The number of carbonyl (C=O) groups excluding carboxylic acids is 1. The Kier molecular flexibility index (Phi) is 10.9. The molecule has 1 saturated heterocycles. The first kappa shape index (κ1) is 22.3. The standard InChI is InChI=1S/C14H29N3O.2ClH/c1-10(2)13(15)14(18)16(5)12-6-8-17(9-7-12)11(3)4;;/h10-13H,6-9,15H2,1-5H3;2*1H/t13-;;/m1../s1. The van der Waals surface area contributed by atoms with Crippen LogP contribution in [0, 0.1) is 5.92 Å². The predicted octanol–water partition coefficient (Wildman–Crippen LogP) is 2.14. The van der Waals surface area contributed by atoms with Gasteiger partial charge in [0.2, 0.25) is 5.91 Å². The van der Waals surface area contributed by atoms with Crippen LogP contribution in [0.4, 0.5) is 0 Å². The number of amides is 1. The fourth-order valence-corrected chi connectivity index (χ4v) is 2.49. The summed E-state index contributed by atoms with van der Waals surface area (Å²) in [5.41, 5.74) is 5.94. The van der Waals surface area contributed by atoms with Gasteiger partial charge in [0.15, 0.2) is 0 Å². The van der Waals surface area contributed by atoms with E-state index in [1.165, 1.54) is 0 Å². The largest absolute Gasteiger partial charge is 0.341 e. The van der Waals surface area contributed by atoms with Crippen molar-refractivity contribution in [2.75, 3.05) is 20.1 Å². The molecular formula is C14H31Cl2N3O. The minimum absolute atomic E-state index is 0. The summed E-state index contributed by atoms with van der Waals surface area (Å²) in [6, 6.07) is 0.598. The molecule has 1 aliphatic rings. The van der Waals surface area contributed by atoms with Crippen LogP contribution in [0.5, 0.6) is 0 Å². The molecule has 122 valence electrons. The highest BCUT2D eigenvalue weighted by Gasteiger charge is 2.29. The van der Waals surface area contributed by atoms with Gasteiger partial charge in [-0.2, -0.15) is 0 Å². The Balaban J connectivity index is 0. The van der Waals surface area contributed by atoms with Gasteiger partial charge in [0.1, 0.15) is 0 Å². The summed E-state index contributed by atoms with van der Waals surface area (Å²) >= 11 is 0. The van der Waals surface area contributed by atoms with Crippen LogP contribution in [0.25, 0.3) is 0 Å². The third-order valence-corrected chi connectivity index (χ3v) is 4.13. The number of piperidine rings is 1. The lowest BCUT2D eigenvalue weighted by Crippen LogP contribution is -2.52. The van der Waals surface area contributed by atoms with Crippen molar-refractivity contribution in [2.24, 2.45) is 11.7 Å². The molecule has 0 radical (unpaired) electrons. The van der Waals surface area contributed by atoms with E-state index < -0.39 is 0 Å². The monoisotopic (exact) mass is 327 g/mol. The van der Waals surface area contributed by atoms with Gasteiger partial charge >= 0.3 is 0 Å². The van der Waals surface area contributed by atoms with Gasteiger partial charge in [-0.1, -0.05) is 13.8 Å². The summed E-state index contributed by atoms with van der Waals surface area (Å²) in [6.07, 6.45) is 2.12. The van der Waals surface area contributed by atoms with E-state index in [-0.39, 0.29) is 42.7 Å². The number of halogens is 2. The van der Waals surface area contributed by atoms with E-state index in [4.69, 9.17) is 5.73 Å². The Bertz CT molecular complexity index is 280. The molecule has 1 atom stereocenters. The van der Waals surface area contributed by atoms with Gasteiger partial charge in [-0.15, -0.1) is 24.8 Å². The van der Waals surface area contributed by atoms with Crippen LogP contribution < -0.4 is 5.73 Å². The van der Waals surface area contributed by atoms with Crippen LogP contribution in [0.3, 0.4) is 0 Å². The second kappa shape index (κ2) is 9.82. The van der Waals surface area contributed by atoms with Crippen LogP contribution in [-0.2, 0) is 4.79 Å². The number of nitrogens with zero attached hydrogens (tertiary/aromatic N) is 2. The van der Waals surface area contributed by atoms with Gasteiger partial charge < -0.3 is 15.5 Å². The molecule has 0 aromatic rings. The third-order valence-electron chi connectivity index (χ3n) is 4.13. The number of hydrogen-bond acceptors (Lipinski definition) is 3. The first-order valence-corrected chi connectivity index (χ1v) is 7.11. The van der Waals surface area contributed by atoms with Crippen LogP contribution in [0.1, 0.15) is 40.5 Å². The number of rotatable bonds is 4. The molecule has 1 amide bonds. The lowest BCUT2D eigenvalue weighted by atomic mass is 9.99. The summed E-state index contributed by atoms with van der Waals surface area (Å²) in [5, 5.41) is 0. The molecule has 2 N–H and O–H groups in total. The second-order valence-electron chi connectivity index (χ2n) is 6.08. The van der Waals surface area contributed by atoms with Crippen molar-refractivity contribution in [3.63, 3.8) is 0 Å². The topological polar surface area (TPSA) is 49.6 Å². The minimum atomic E-state index is -0.363. The Hall–Kier alpha value is -0.0300. The molecule has 6 heteroatoms. The molecule has 0 saturated carbocycles. The zero-order chi connectivity index (χ0) is 13.9. The number of carbonyl (C=O) groups is 1. The van der Waals surface area contributed by atoms with Crippen molar-refractivity contribution in [1.82, 2.24) is 9.80 Å².